The first-order valence-electron chi connectivity index (χ1n) is 7.34. The normalized spacial score (nSPS) is 27.1. The van der Waals surface area contributed by atoms with Gasteiger partial charge in [-0.25, -0.2) is 0 Å². The van der Waals surface area contributed by atoms with Crippen LogP contribution < -0.4 is 0 Å². The van der Waals surface area contributed by atoms with Crippen LogP contribution in [-0.2, 0) is 24.4 Å². The lowest BCUT2D eigenvalue weighted by Crippen LogP contribution is -2.41. The van der Waals surface area contributed by atoms with E-state index in [2.05, 4.69) is 4.90 Å². The zero-order chi connectivity index (χ0) is 14.7. The van der Waals surface area contributed by atoms with E-state index >= 15 is 0 Å². The Balaban J connectivity index is 1.77. The second-order valence-corrected chi connectivity index (χ2v) is 5.60. The number of ether oxygens (including phenoxy) is 3. The Bertz CT molecular complexity index is 486. The lowest BCUT2D eigenvalue weighted by atomic mass is 9.79. The average Bonchev–Trinajstić information content (AvgIpc) is 3.18. The fraction of sp³-hybridized carbons (Fsp3) is 0.562. The van der Waals surface area contributed by atoms with E-state index in [0.717, 1.165) is 18.5 Å². The van der Waals surface area contributed by atoms with Crippen LogP contribution in [0, 0.1) is 0 Å². The van der Waals surface area contributed by atoms with Crippen molar-refractivity contribution < 1.29 is 19.0 Å². The monoisotopic (exact) mass is 291 g/mol. The number of nitrogens with zero attached hydrogens (tertiary/aromatic N) is 1. The maximum atomic E-state index is 12.4. The van der Waals surface area contributed by atoms with Gasteiger partial charge in [0.05, 0.1) is 20.3 Å². The molecule has 5 nitrogen and oxygen atoms in total. The molecule has 3 rings (SSSR count). The Morgan fingerprint density at radius 1 is 1.33 bits per heavy atom. The van der Waals surface area contributed by atoms with Gasteiger partial charge in [0.25, 0.3) is 0 Å². The Morgan fingerprint density at radius 3 is 2.71 bits per heavy atom. The molecule has 2 aliphatic rings. The molecule has 0 radical (unpaired) electrons. The Labute approximate surface area is 124 Å². The molecular formula is C16H21NO4. The molecule has 0 bridgehead atoms. The van der Waals surface area contributed by atoms with Crippen molar-refractivity contribution in [2.45, 2.75) is 18.1 Å². The summed E-state index contributed by atoms with van der Waals surface area (Å²) in [4.78, 5) is 14.6. The van der Waals surface area contributed by atoms with Gasteiger partial charge in [-0.15, -0.1) is 0 Å². The molecule has 1 unspecified atom stereocenters. The van der Waals surface area contributed by atoms with Crippen molar-refractivity contribution in [1.82, 2.24) is 4.90 Å². The van der Waals surface area contributed by atoms with Crippen LogP contribution in [0.5, 0.6) is 0 Å². The SMILES string of the molecule is COC(=O)C1(c2ccccc2)CCN(CC2OCCO2)C1. The van der Waals surface area contributed by atoms with Crippen molar-refractivity contribution in [3.05, 3.63) is 35.9 Å². The van der Waals surface area contributed by atoms with E-state index in [9.17, 15) is 4.79 Å². The zero-order valence-corrected chi connectivity index (χ0v) is 12.3. The third-order valence-corrected chi connectivity index (χ3v) is 4.35. The highest BCUT2D eigenvalue weighted by Gasteiger charge is 2.47. The first-order chi connectivity index (χ1) is 10.2. The van der Waals surface area contributed by atoms with Crippen LogP contribution in [0.3, 0.4) is 0 Å². The lowest BCUT2D eigenvalue weighted by molar-refractivity contribution is -0.147. The minimum atomic E-state index is -0.575. The van der Waals surface area contributed by atoms with Crippen LogP contribution in [0.15, 0.2) is 30.3 Å². The summed E-state index contributed by atoms with van der Waals surface area (Å²) < 4.78 is 16.1. The van der Waals surface area contributed by atoms with E-state index in [0.29, 0.717) is 26.3 Å². The molecule has 1 aromatic rings. The number of carbonyl (C=O) groups is 1. The molecule has 2 heterocycles. The summed E-state index contributed by atoms with van der Waals surface area (Å²) in [6.45, 7) is 3.49. The number of likely N-dealkylation sites (tertiary alicyclic amines) is 1. The van der Waals surface area contributed by atoms with Crippen LogP contribution in [0.1, 0.15) is 12.0 Å². The largest absolute Gasteiger partial charge is 0.468 e. The highest BCUT2D eigenvalue weighted by molar-refractivity contribution is 5.84. The van der Waals surface area contributed by atoms with Gasteiger partial charge in [0.1, 0.15) is 5.41 Å². The van der Waals surface area contributed by atoms with Gasteiger partial charge in [-0.05, 0) is 18.5 Å². The molecule has 2 aliphatic heterocycles. The number of rotatable bonds is 4. The molecule has 2 fully saturated rings. The van der Waals surface area contributed by atoms with Crippen molar-refractivity contribution in [3.63, 3.8) is 0 Å². The summed E-state index contributed by atoms with van der Waals surface area (Å²) >= 11 is 0. The average molecular weight is 291 g/mol. The molecule has 1 atom stereocenters. The quantitative estimate of drug-likeness (QED) is 0.780. The van der Waals surface area contributed by atoms with Crippen molar-refractivity contribution in [1.29, 1.82) is 0 Å². The Morgan fingerprint density at radius 2 is 2.05 bits per heavy atom. The van der Waals surface area contributed by atoms with Crippen molar-refractivity contribution in [2.24, 2.45) is 0 Å². The second-order valence-electron chi connectivity index (χ2n) is 5.60. The molecule has 21 heavy (non-hydrogen) atoms. The van der Waals surface area contributed by atoms with E-state index in [-0.39, 0.29) is 12.3 Å². The third kappa shape index (κ3) is 2.81. The summed E-state index contributed by atoms with van der Waals surface area (Å²) in [6, 6.07) is 9.89. The smallest absolute Gasteiger partial charge is 0.317 e. The Hall–Kier alpha value is -1.43. The first-order valence-corrected chi connectivity index (χ1v) is 7.34. The summed E-state index contributed by atoms with van der Waals surface area (Å²) in [5.41, 5.74) is 0.446. The van der Waals surface area contributed by atoms with E-state index < -0.39 is 5.41 Å². The molecule has 0 aliphatic carbocycles. The second kappa shape index (κ2) is 6.13. The molecule has 0 aromatic heterocycles. The zero-order valence-electron chi connectivity index (χ0n) is 12.3. The Kier molecular flexibility index (Phi) is 4.24. The van der Waals surface area contributed by atoms with Crippen LogP contribution in [0.25, 0.3) is 0 Å². The minimum Gasteiger partial charge on any atom is -0.468 e. The number of benzene rings is 1. The molecule has 114 valence electrons. The predicted molar refractivity (Wildman–Crippen MR) is 76.9 cm³/mol. The highest BCUT2D eigenvalue weighted by Crippen LogP contribution is 2.36. The maximum absolute atomic E-state index is 12.4. The van der Waals surface area contributed by atoms with Gasteiger partial charge >= 0.3 is 5.97 Å². The molecule has 0 saturated carbocycles. The molecule has 5 heteroatoms. The van der Waals surface area contributed by atoms with Gasteiger partial charge < -0.3 is 14.2 Å². The highest BCUT2D eigenvalue weighted by atomic mass is 16.7. The van der Waals surface area contributed by atoms with Gasteiger partial charge in [0, 0.05) is 13.1 Å². The van der Waals surface area contributed by atoms with E-state index in [1.807, 2.05) is 30.3 Å². The van der Waals surface area contributed by atoms with Gasteiger partial charge in [0.15, 0.2) is 6.29 Å². The first kappa shape index (κ1) is 14.5. The van der Waals surface area contributed by atoms with E-state index in [4.69, 9.17) is 14.2 Å². The number of carbonyl (C=O) groups excluding carboxylic acids is 1. The summed E-state index contributed by atoms with van der Waals surface area (Å²) in [6.07, 6.45) is 0.588. The number of esters is 1. The van der Waals surface area contributed by atoms with Gasteiger partial charge in [-0.2, -0.15) is 0 Å². The van der Waals surface area contributed by atoms with E-state index in [1.54, 1.807) is 0 Å². The minimum absolute atomic E-state index is 0.163. The molecule has 1 aromatic carbocycles. The van der Waals surface area contributed by atoms with Crippen molar-refractivity contribution >= 4 is 5.97 Å². The number of hydrogen-bond acceptors (Lipinski definition) is 5. The fourth-order valence-electron chi connectivity index (χ4n) is 3.24. The molecule has 0 amide bonds. The molecular weight excluding hydrogens is 270 g/mol. The van der Waals surface area contributed by atoms with Gasteiger partial charge in [0.2, 0.25) is 0 Å². The standard InChI is InChI=1S/C16H21NO4/c1-19-15(18)16(13-5-3-2-4-6-13)7-8-17(12-16)11-14-20-9-10-21-14/h2-6,14H,7-12H2,1H3. The van der Waals surface area contributed by atoms with E-state index in [1.165, 1.54) is 7.11 Å². The van der Waals surface area contributed by atoms with Crippen LogP contribution in [0.2, 0.25) is 0 Å². The van der Waals surface area contributed by atoms with Crippen molar-refractivity contribution in [2.75, 3.05) is 40.0 Å². The predicted octanol–water partition coefficient (Wildman–Crippen LogP) is 1.18. The fourth-order valence-corrected chi connectivity index (χ4v) is 3.24. The number of methoxy groups -OCH3 is 1. The topological polar surface area (TPSA) is 48.0 Å². The molecule has 2 saturated heterocycles. The van der Waals surface area contributed by atoms with Crippen molar-refractivity contribution in [3.8, 4) is 0 Å². The van der Waals surface area contributed by atoms with Crippen LogP contribution >= 0.6 is 0 Å². The van der Waals surface area contributed by atoms with Crippen LogP contribution in [0.4, 0.5) is 0 Å². The summed E-state index contributed by atoms with van der Waals surface area (Å²) in [5.74, 6) is -0.163. The lowest BCUT2D eigenvalue weighted by Gasteiger charge is -2.27. The third-order valence-electron chi connectivity index (χ3n) is 4.35. The van der Waals surface area contributed by atoms with Gasteiger partial charge in [-0.3, -0.25) is 9.69 Å². The number of hydrogen-bond donors (Lipinski definition) is 0. The maximum Gasteiger partial charge on any atom is 0.317 e. The molecule has 0 spiro atoms. The van der Waals surface area contributed by atoms with Gasteiger partial charge in [-0.1, -0.05) is 30.3 Å². The molecule has 0 N–H and O–H groups in total. The summed E-state index contributed by atoms with van der Waals surface area (Å²) in [7, 11) is 1.46. The van der Waals surface area contributed by atoms with Crippen LogP contribution in [-0.4, -0.2) is 57.1 Å². The summed E-state index contributed by atoms with van der Waals surface area (Å²) in [5, 5.41) is 0.